The summed E-state index contributed by atoms with van der Waals surface area (Å²) in [6, 6.07) is 7.45. The minimum Gasteiger partial charge on any atom is -0.502 e. The van der Waals surface area contributed by atoms with E-state index >= 15 is 0 Å². The number of pyridine rings is 1. The van der Waals surface area contributed by atoms with Gasteiger partial charge < -0.3 is 19.1 Å². The Balaban J connectivity index is 2.01. The predicted molar refractivity (Wildman–Crippen MR) is 117 cm³/mol. The van der Waals surface area contributed by atoms with E-state index in [0.29, 0.717) is 12.8 Å². The Morgan fingerprint density at radius 2 is 1.83 bits per heavy atom. The number of hydrogen-bond donors (Lipinski definition) is 2. The standard InChI is InChI=1S/C22H31N2O5P/c1-13-7-8-17(15(3)23-13)9-10-21(30(26)24-14(2)16(4)29-30)18-11-19(27-5)22(25)20(12-18)28-6/h7-8,11-12,14,16,21,25H,9-10H2,1-6H3,(H,24,26)/t14-,16-,21?,30?/m0/s1. The first kappa shape index (κ1) is 22.6. The van der Waals surface area contributed by atoms with Gasteiger partial charge in [0.1, 0.15) is 0 Å². The number of rotatable bonds is 7. The number of hydrogen-bond acceptors (Lipinski definition) is 6. The van der Waals surface area contributed by atoms with Crippen molar-refractivity contribution in [1.29, 1.82) is 0 Å². The van der Waals surface area contributed by atoms with E-state index in [1.54, 1.807) is 12.1 Å². The second-order valence-electron chi connectivity index (χ2n) is 7.85. The smallest absolute Gasteiger partial charge is 0.277 e. The number of ether oxygens (including phenoxy) is 2. The first-order valence-corrected chi connectivity index (χ1v) is 11.8. The van der Waals surface area contributed by atoms with Crippen LogP contribution >= 0.6 is 7.52 Å². The normalized spacial score (nSPS) is 24.6. The average Bonchev–Trinajstić information content (AvgIpc) is 2.96. The first-order valence-electron chi connectivity index (χ1n) is 10.1. The molecule has 2 N–H and O–H groups in total. The van der Waals surface area contributed by atoms with E-state index in [1.165, 1.54) is 14.2 Å². The predicted octanol–water partition coefficient (Wildman–Crippen LogP) is 4.69. The zero-order chi connectivity index (χ0) is 22.1. The van der Waals surface area contributed by atoms with E-state index < -0.39 is 13.2 Å². The van der Waals surface area contributed by atoms with Gasteiger partial charge in [0.05, 0.1) is 26.0 Å². The molecular formula is C22H31N2O5P. The zero-order valence-corrected chi connectivity index (χ0v) is 19.3. The topological polar surface area (TPSA) is 89.9 Å². The maximum absolute atomic E-state index is 13.9. The molecule has 1 aliphatic rings. The Hall–Kier alpha value is -2.08. The molecule has 0 saturated carbocycles. The molecule has 7 nitrogen and oxygen atoms in total. The van der Waals surface area contributed by atoms with Gasteiger partial charge in [0, 0.05) is 17.4 Å². The summed E-state index contributed by atoms with van der Waals surface area (Å²) in [6.45, 7) is 7.83. The van der Waals surface area contributed by atoms with Crippen molar-refractivity contribution in [2.75, 3.05) is 14.2 Å². The second kappa shape index (κ2) is 8.96. The highest BCUT2D eigenvalue weighted by atomic mass is 31.2. The fourth-order valence-electron chi connectivity index (χ4n) is 3.83. The molecule has 1 aliphatic heterocycles. The Morgan fingerprint density at radius 3 is 2.33 bits per heavy atom. The van der Waals surface area contributed by atoms with Gasteiger partial charge in [0.15, 0.2) is 11.5 Å². The minimum atomic E-state index is -3.21. The SMILES string of the molecule is COc1cc(C(CCc2ccc(C)nc2C)P2(=O)N[C@@H](C)[C@H](C)O2)cc(OC)c1O. The quantitative estimate of drug-likeness (QED) is 0.611. The van der Waals surface area contributed by atoms with Crippen LogP contribution in [0, 0.1) is 13.8 Å². The number of nitrogens with zero attached hydrogens (tertiary/aromatic N) is 1. The van der Waals surface area contributed by atoms with Crippen LogP contribution in [-0.4, -0.2) is 36.5 Å². The molecule has 30 heavy (non-hydrogen) atoms. The molecule has 2 heterocycles. The van der Waals surface area contributed by atoms with E-state index in [9.17, 15) is 9.67 Å². The van der Waals surface area contributed by atoms with Crippen molar-refractivity contribution in [2.24, 2.45) is 0 Å². The molecule has 0 aliphatic carbocycles. The molecule has 164 valence electrons. The third kappa shape index (κ3) is 4.48. The van der Waals surface area contributed by atoms with Crippen molar-refractivity contribution in [1.82, 2.24) is 10.1 Å². The van der Waals surface area contributed by atoms with Crippen LogP contribution in [-0.2, 0) is 15.5 Å². The molecule has 1 saturated heterocycles. The van der Waals surface area contributed by atoms with E-state index in [2.05, 4.69) is 16.1 Å². The zero-order valence-electron chi connectivity index (χ0n) is 18.4. The third-order valence-electron chi connectivity index (χ3n) is 5.73. The number of aromatic hydroxyl groups is 1. The van der Waals surface area contributed by atoms with Crippen molar-refractivity contribution in [3.8, 4) is 17.2 Å². The van der Waals surface area contributed by atoms with Crippen LogP contribution in [0.3, 0.4) is 0 Å². The van der Waals surface area contributed by atoms with E-state index in [4.69, 9.17) is 14.0 Å². The molecule has 3 rings (SSSR count). The lowest BCUT2D eigenvalue weighted by Crippen LogP contribution is -2.24. The van der Waals surface area contributed by atoms with E-state index in [1.807, 2.05) is 33.8 Å². The van der Waals surface area contributed by atoms with Gasteiger partial charge in [0.25, 0.3) is 7.52 Å². The monoisotopic (exact) mass is 434 g/mol. The lowest BCUT2D eigenvalue weighted by Gasteiger charge is -2.25. The lowest BCUT2D eigenvalue weighted by molar-refractivity contribution is 0.234. The second-order valence-corrected chi connectivity index (χ2v) is 10.1. The number of methoxy groups -OCH3 is 2. The van der Waals surface area contributed by atoms with Gasteiger partial charge >= 0.3 is 0 Å². The van der Waals surface area contributed by atoms with Crippen molar-refractivity contribution < 1.29 is 23.7 Å². The lowest BCUT2D eigenvalue weighted by atomic mass is 10.0. The Bertz CT molecular complexity index is 926. The summed E-state index contributed by atoms with van der Waals surface area (Å²) in [6.07, 6.45) is 1.10. The number of benzene rings is 1. The number of aryl methyl sites for hydroxylation is 3. The highest BCUT2D eigenvalue weighted by molar-refractivity contribution is 7.57. The summed E-state index contributed by atoms with van der Waals surface area (Å²) in [5.41, 5.74) is 3.34. The number of aromatic nitrogens is 1. The van der Waals surface area contributed by atoms with Crippen LogP contribution < -0.4 is 14.6 Å². The highest BCUT2D eigenvalue weighted by Gasteiger charge is 2.45. The molecule has 0 spiro atoms. The van der Waals surface area contributed by atoms with E-state index in [0.717, 1.165) is 22.5 Å². The van der Waals surface area contributed by atoms with Crippen molar-refractivity contribution in [3.05, 3.63) is 46.8 Å². The maximum Gasteiger partial charge on any atom is 0.277 e. The van der Waals surface area contributed by atoms with Crippen LogP contribution in [0.4, 0.5) is 0 Å². The molecule has 0 amide bonds. The molecule has 4 atom stereocenters. The first-order chi connectivity index (χ1) is 14.2. The summed E-state index contributed by atoms with van der Waals surface area (Å²) in [5.74, 6) is 0.463. The van der Waals surface area contributed by atoms with Crippen molar-refractivity contribution >= 4 is 7.52 Å². The summed E-state index contributed by atoms with van der Waals surface area (Å²) in [5, 5.41) is 13.5. The fraction of sp³-hybridized carbons (Fsp3) is 0.500. The van der Waals surface area contributed by atoms with Gasteiger partial charge in [0.2, 0.25) is 5.75 Å². The van der Waals surface area contributed by atoms with Crippen LogP contribution in [0.1, 0.15) is 48.4 Å². The van der Waals surface area contributed by atoms with Crippen LogP contribution in [0.15, 0.2) is 24.3 Å². The molecule has 8 heteroatoms. The Kier molecular flexibility index (Phi) is 6.75. The Morgan fingerprint density at radius 1 is 1.20 bits per heavy atom. The van der Waals surface area contributed by atoms with Gasteiger partial charge in [-0.25, -0.2) is 5.09 Å². The molecule has 0 bridgehead atoms. The van der Waals surface area contributed by atoms with Crippen LogP contribution in [0.2, 0.25) is 0 Å². The molecule has 2 aromatic rings. The molecule has 2 unspecified atom stereocenters. The number of phenolic OH excluding ortho intramolecular Hbond substituents is 1. The summed E-state index contributed by atoms with van der Waals surface area (Å²) in [7, 11) is -0.260. The molecule has 1 fully saturated rings. The van der Waals surface area contributed by atoms with Crippen molar-refractivity contribution in [3.63, 3.8) is 0 Å². The molecule has 1 aromatic carbocycles. The maximum atomic E-state index is 13.9. The number of nitrogens with one attached hydrogen (secondary N) is 1. The molecular weight excluding hydrogens is 403 g/mol. The van der Waals surface area contributed by atoms with Gasteiger partial charge in [-0.1, -0.05) is 6.07 Å². The van der Waals surface area contributed by atoms with E-state index in [-0.39, 0.29) is 29.4 Å². The highest BCUT2D eigenvalue weighted by Crippen LogP contribution is 2.63. The minimum absolute atomic E-state index is 0.0259. The summed E-state index contributed by atoms with van der Waals surface area (Å²) < 4.78 is 30.5. The van der Waals surface area contributed by atoms with Crippen LogP contribution in [0.25, 0.3) is 0 Å². The Labute approximate surface area is 178 Å². The summed E-state index contributed by atoms with van der Waals surface area (Å²) >= 11 is 0. The van der Waals surface area contributed by atoms with Gasteiger partial charge in [-0.15, -0.1) is 0 Å². The van der Waals surface area contributed by atoms with Gasteiger partial charge in [-0.3, -0.25) is 9.55 Å². The third-order valence-corrected chi connectivity index (χ3v) is 8.52. The number of phenols is 1. The van der Waals surface area contributed by atoms with Crippen molar-refractivity contribution in [2.45, 2.75) is 58.3 Å². The molecule has 1 aromatic heterocycles. The van der Waals surface area contributed by atoms with Gasteiger partial charge in [-0.2, -0.15) is 0 Å². The fourth-order valence-corrected chi connectivity index (χ4v) is 6.68. The summed E-state index contributed by atoms with van der Waals surface area (Å²) in [4.78, 5) is 4.54. The largest absolute Gasteiger partial charge is 0.502 e. The average molecular weight is 434 g/mol. The van der Waals surface area contributed by atoms with Gasteiger partial charge in [-0.05, 0) is 69.9 Å². The molecule has 0 radical (unpaired) electrons. The van der Waals surface area contributed by atoms with Crippen LogP contribution in [0.5, 0.6) is 17.2 Å².